The van der Waals surface area contributed by atoms with Gasteiger partial charge in [-0.25, -0.2) is 9.36 Å². The summed E-state index contributed by atoms with van der Waals surface area (Å²) in [6, 6.07) is 27.6. The van der Waals surface area contributed by atoms with Crippen molar-refractivity contribution < 1.29 is 4.79 Å². The van der Waals surface area contributed by atoms with Crippen molar-refractivity contribution in [2.45, 2.75) is 13.8 Å². The Morgan fingerprint density at radius 2 is 1.03 bits per heavy atom. The molecule has 0 spiro atoms. The number of rotatable bonds is 6. The zero-order valence-electron chi connectivity index (χ0n) is 21.0. The molecule has 0 aliphatic carbocycles. The van der Waals surface area contributed by atoms with Gasteiger partial charge in [0.25, 0.3) is 0 Å². The highest BCUT2D eigenvalue weighted by atomic mass is 16.1. The van der Waals surface area contributed by atoms with Gasteiger partial charge in [0.15, 0.2) is 0 Å². The van der Waals surface area contributed by atoms with Crippen molar-refractivity contribution in [2.75, 3.05) is 0 Å². The average molecular weight is 497 g/mol. The van der Waals surface area contributed by atoms with Crippen molar-refractivity contribution in [3.05, 3.63) is 132 Å². The first-order chi connectivity index (χ1) is 18.6. The average Bonchev–Trinajstić information content (AvgIpc) is 3.56. The molecule has 4 aromatic heterocycles. The molecule has 0 unspecified atom stereocenters. The van der Waals surface area contributed by atoms with Crippen molar-refractivity contribution in [2.24, 2.45) is 0 Å². The molecule has 0 aliphatic heterocycles. The Morgan fingerprint density at radius 1 is 0.605 bits per heavy atom. The summed E-state index contributed by atoms with van der Waals surface area (Å²) < 4.78 is 3.44. The Labute approximate surface area is 220 Å². The van der Waals surface area contributed by atoms with Crippen molar-refractivity contribution in [1.29, 1.82) is 0 Å². The smallest absolute Gasteiger partial charge is 0.233 e. The number of aryl methyl sites for hydroxylation is 2. The van der Waals surface area contributed by atoms with Crippen molar-refractivity contribution >= 4 is 5.78 Å². The van der Waals surface area contributed by atoms with Gasteiger partial charge in [-0.2, -0.15) is 10.2 Å². The van der Waals surface area contributed by atoms with Gasteiger partial charge in [-0.15, -0.1) is 0 Å². The molecule has 6 rings (SSSR count). The van der Waals surface area contributed by atoms with Gasteiger partial charge in [0.1, 0.15) is 11.4 Å². The van der Waals surface area contributed by atoms with Crippen LogP contribution < -0.4 is 0 Å². The molecule has 0 atom stereocenters. The van der Waals surface area contributed by atoms with Crippen LogP contribution in [0.4, 0.5) is 0 Å². The van der Waals surface area contributed by atoms with E-state index in [1.54, 1.807) is 21.8 Å². The van der Waals surface area contributed by atoms with Crippen LogP contribution in [-0.2, 0) is 0 Å². The number of hydrogen-bond acceptors (Lipinski definition) is 5. The second-order valence-corrected chi connectivity index (χ2v) is 9.07. The predicted octanol–water partition coefficient (Wildman–Crippen LogP) is 6.03. The van der Waals surface area contributed by atoms with Crippen LogP contribution >= 0.6 is 0 Å². The van der Waals surface area contributed by atoms with Crippen LogP contribution in [0.1, 0.15) is 27.3 Å². The van der Waals surface area contributed by atoms with E-state index >= 15 is 0 Å². The van der Waals surface area contributed by atoms with E-state index in [2.05, 4.69) is 20.2 Å². The largest absolute Gasteiger partial charge is 0.285 e. The second-order valence-electron chi connectivity index (χ2n) is 9.07. The molecular weight excluding hydrogens is 472 g/mol. The monoisotopic (exact) mass is 496 g/mol. The SMILES string of the molecule is Cc1cn(-c2ccnc(-c3ccccc3)c2)nc1C(=O)c1nn(-c2ccnc(-c3ccccc3)c2)cc1C. The number of benzene rings is 2. The molecule has 7 nitrogen and oxygen atoms in total. The molecule has 0 N–H and O–H groups in total. The molecule has 184 valence electrons. The highest BCUT2D eigenvalue weighted by molar-refractivity contribution is 6.08. The van der Waals surface area contributed by atoms with Gasteiger partial charge in [0, 0.05) is 35.9 Å². The Kier molecular flexibility index (Phi) is 5.94. The first kappa shape index (κ1) is 23.2. The number of nitrogens with zero attached hydrogens (tertiary/aromatic N) is 6. The van der Waals surface area contributed by atoms with Crippen LogP contribution in [0.5, 0.6) is 0 Å². The lowest BCUT2D eigenvalue weighted by Crippen LogP contribution is -2.08. The molecule has 0 bridgehead atoms. The van der Waals surface area contributed by atoms with E-state index < -0.39 is 0 Å². The number of hydrogen-bond donors (Lipinski definition) is 0. The van der Waals surface area contributed by atoms with Crippen molar-refractivity contribution in [3.8, 4) is 33.9 Å². The molecule has 0 amide bonds. The Morgan fingerprint density at radius 3 is 1.45 bits per heavy atom. The molecule has 4 heterocycles. The predicted molar refractivity (Wildman–Crippen MR) is 146 cm³/mol. The highest BCUT2D eigenvalue weighted by Crippen LogP contribution is 2.23. The van der Waals surface area contributed by atoms with Gasteiger partial charge in [-0.3, -0.25) is 14.8 Å². The van der Waals surface area contributed by atoms with E-state index in [-0.39, 0.29) is 5.78 Å². The van der Waals surface area contributed by atoms with Gasteiger partial charge in [-0.1, -0.05) is 60.7 Å². The summed E-state index contributed by atoms with van der Waals surface area (Å²) in [6.45, 7) is 3.77. The first-order valence-electron chi connectivity index (χ1n) is 12.3. The van der Waals surface area contributed by atoms with E-state index in [4.69, 9.17) is 0 Å². The third-order valence-corrected chi connectivity index (χ3v) is 6.38. The van der Waals surface area contributed by atoms with Gasteiger partial charge in [0.2, 0.25) is 5.78 Å². The zero-order valence-corrected chi connectivity index (χ0v) is 21.0. The quantitative estimate of drug-likeness (QED) is 0.263. The number of ketones is 1. The third-order valence-electron chi connectivity index (χ3n) is 6.38. The minimum absolute atomic E-state index is 0.216. The van der Waals surface area contributed by atoms with Crippen LogP contribution in [0.2, 0.25) is 0 Å². The topological polar surface area (TPSA) is 78.5 Å². The van der Waals surface area contributed by atoms with E-state index in [0.29, 0.717) is 11.4 Å². The van der Waals surface area contributed by atoms with Crippen molar-refractivity contribution in [3.63, 3.8) is 0 Å². The minimum atomic E-state index is -0.216. The molecule has 0 aliphatic rings. The lowest BCUT2D eigenvalue weighted by atomic mass is 10.1. The lowest BCUT2D eigenvalue weighted by Gasteiger charge is -2.05. The van der Waals surface area contributed by atoms with E-state index in [1.807, 2.05) is 111 Å². The third kappa shape index (κ3) is 4.41. The van der Waals surface area contributed by atoms with Crippen LogP contribution in [-0.4, -0.2) is 35.3 Å². The summed E-state index contributed by atoms with van der Waals surface area (Å²) in [5.41, 5.74) is 7.66. The Balaban J connectivity index is 1.31. The molecule has 38 heavy (non-hydrogen) atoms. The summed E-state index contributed by atoms with van der Waals surface area (Å²) in [7, 11) is 0. The zero-order chi connectivity index (χ0) is 26.1. The first-order valence-corrected chi connectivity index (χ1v) is 12.3. The maximum absolute atomic E-state index is 13.6. The van der Waals surface area contributed by atoms with Crippen LogP contribution in [0.15, 0.2) is 110 Å². The van der Waals surface area contributed by atoms with Crippen LogP contribution in [0.25, 0.3) is 33.9 Å². The fraction of sp³-hybridized carbons (Fsp3) is 0.0645. The second kappa shape index (κ2) is 9.71. The molecule has 7 heteroatoms. The molecule has 0 fully saturated rings. The van der Waals surface area contributed by atoms with Crippen LogP contribution in [0, 0.1) is 13.8 Å². The van der Waals surface area contributed by atoms with E-state index in [9.17, 15) is 4.79 Å². The number of aromatic nitrogens is 6. The summed E-state index contributed by atoms with van der Waals surface area (Å²) in [5, 5.41) is 9.30. The van der Waals surface area contributed by atoms with Crippen molar-refractivity contribution in [1.82, 2.24) is 29.5 Å². The maximum Gasteiger partial charge on any atom is 0.233 e. The Hall–Kier alpha value is -5.17. The fourth-order valence-electron chi connectivity index (χ4n) is 4.40. The highest BCUT2D eigenvalue weighted by Gasteiger charge is 2.22. The summed E-state index contributed by atoms with van der Waals surface area (Å²) in [4.78, 5) is 22.6. The molecule has 6 aromatic rings. The summed E-state index contributed by atoms with van der Waals surface area (Å²) >= 11 is 0. The number of carbonyl (C=O) groups excluding carboxylic acids is 1. The fourth-order valence-corrected chi connectivity index (χ4v) is 4.40. The van der Waals surface area contributed by atoms with E-state index in [1.165, 1.54) is 0 Å². The standard InChI is InChI=1S/C31H24N6O/c1-21-19-36(25-13-15-32-27(17-25)23-9-5-3-6-10-23)34-29(21)31(38)30-22(2)20-37(35-30)26-14-16-33-28(18-26)24-11-7-4-8-12-24/h3-20H,1-2H3. The van der Waals surface area contributed by atoms with E-state index in [0.717, 1.165) is 45.0 Å². The number of pyridine rings is 2. The number of carbonyl (C=O) groups is 1. The molecule has 0 radical (unpaired) electrons. The lowest BCUT2D eigenvalue weighted by molar-refractivity contribution is 0.102. The minimum Gasteiger partial charge on any atom is -0.285 e. The van der Waals surface area contributed by atoms with Gasteiger partial charge in [0.05, 0.1) is 22.8 Å². The molecular formula is C31H24N6O. The molecule has 0 saturated carbocycles. The summed E-state index contributed by atoms with van der Waals surface area (Å²) in [5.74, 6) is -0.216. The maximum atomic E-state index is 13.6. The summed E-state index contributed by atoms with van der Waals surface area (Å²) in [6.07, 6.45) is 7.22. The molecule has 0 saturated heterocycles. The van der Waals surface area contributed by atoms with Gasteiger partial charge < -0.3 is 0 Å². The van der Waals surface area contributed by atoms with Gasteiger partial charge in [-0.05, 0) is 49.2 Å². The Bertz CT molecular complexity index is 1620. The normalized spacial score (nSPS) is 11.0. The molecule has 2 aromatic carbocycles. The van der Waals surface area contributed by atoms with Crippen LogP contribution in [0.3, 0.4) is 0 Å². The van der Waals surface area contributed by atoms with Gasteiger partial charge >= 0.3 is 0 Å².